The second kappa shape index (κ2) is 3.83. The highest BCUT2D eigenvalue weighted by atomic mass is 16.2. The lowest BCUT2D eigenvalue weighted by atomic mass is 10.3. The fourth-order valence-corrected chi connectivity index (χ4v) is 2.45. The van der Waals surface area contributed by atoms with Gasteiger partial charge in [-0.25, -0.2) is 4.98 Å². The molecule has 0 aliphatic heterocycles. The highest BCUT2D eigenvalue weighted by molar-refractivity contribution is 5.96. The van der Waals surface area contributed by atoms with E-state index < -0.39 is 0 Å². The van der Waals surface area contributed by atoms with E-state index in [1.165, 1.54) is 0 Å². The monoisotopic (exact) mass is 243 g/mol. The number of hydrogen-bond acceptors (Lipinski definition) is 2. The van der Waals surface area contributed by atoms with Crippen molar-refractivity contribution in [2.75, 3.05) is 11.9 Å². The largest absolute Gasteiger partial charge is 0.313 e. The van der Waals surface area contributed by atoms with Crippen LogP contribution < -0.4 is 4.90 Å². The van der Waals surface area contributed by atoms with Gasteiger partial charge in [-0.2, -0.15) is 0 Å². The second-order valence-corrected chi connectivity index (χ2v) is 5.18. The van der Waals surface area contributed by atoms with Gasteiger partial charge in [-0.1, -0.05) is 19.1 Å². The Balaban J connectivity index is 1.98. The molecule has 3 rings (SSSR count). The summed E-state index contributed by atoms with van der Waals surface area (Å²) in [5, 5.41) is 0. The number of carbonyl (C=O) groups is 1. The summed E-state index contributed by atoms with van der Waals surface area (Å²) in [4.78, 5) is 18.4. The number of nitrogens with zero attached hydrogens (tertiary/aromatic N) is 3. The lowest BCUT2D eigenvalue weighted by Gasteiger charge is -2.16. The van der Waals surface area contributed by atoms with E-state index in [9.17, 15) is 4.79 Å². The number of carbonyl (C=O) groups excluding carboxylic acids is 1. The van der Waals surface area contributed by atoms with Crippen molar-refractivity contribution in [3.8, 4) is 0 Å². The number of aromatic nitrogens is 2. The number of fused-ring (bicyclic) bond motifs is 1. The van der Waals surface area contributed by atoms with Gasteiger partial charge in [-0.15, -0.1) is 0 Å². The summed E-state index contributed by atoms with van der Waals surface area (Å²) >= 11 is 0. The predicted octanol–water partition coefficient (Wildman–Crippen LogP) is 2.19. The fourth-order valence-electron chi connectivity index (χ4n) is 2.45. The van der Waals surface area contributed by atoms with Gasteiger partial charge in [0.15, 0.2) is 0 Å². The minimum absolute atomic E-state index is 0.181. The van der Waals surface area contributed by atoms with Crippen molar-refractivity contribution in [1.29, 1.82) is 0 Å². The van der Waals surface area contributed by atoms with Crippen LogP contribution in [0.3, 0.4) is 0 Å². The van der Waals surface area contributed by atoms with Gasteiger partial charge in [0.2, 0.25) is 11.9 Å². The average molecular weight is 243 g/mol. The van der Waals surface area contributed by atoms with Crippen LogP contribution in [-0.2, 0) is 11.8 Å². The Morgan fingerprint density at radius 1 is 1.44 bits per heavy atom. The highest BCUT2D eigenvalue weighted by Crippen LogP contribution is 2.39. The van der Waals surface area contributed by atoms with E-state index in [0.717, 1.165) is 23.4 Å². The van der Waals surface area contributed by atoms with E-state index in [2.05, 4.69) is 11.9 Å². The molecule has 4 nitrogen and oxygen atoms in total. The number of rotatable bonds is 2. The van der Waals surface area contributed by atoms with Crippen LogP contribution in [0, 0.1) is 11.8 Å². The van der Waals surface area contributed by atoms with Crippen LogP contribution >= 0.6 is 0 Å². The Bertz CT molecular complexity index is 617. The van der Waals surface area contributed by atoms with E-state index in [-0.39, 0.29) is 11.8 Å². The molecule has 1 aliphatic carbocycles. The molecule has 1 saturated carbocycles. The Labute approximate surface area is 106 Å². The van der Waals surface area contributed by atoms with Gasteiger partial charge in [0.25, 0.3) is 0 Å². The smallest absolute Gasteiger partial charge is 0.232 e. The molecule has 1 fully saturated rings. The van der Waals surface area contributed by atoms with Crippen LogP contribution in [0.4, 0.5) is 5.95 Å². The highest BCUT2D eigenvalue weighted by Gasteiger charge is 2.41. The first kappa shape index (κ1) is 11.3. The Morgan fingerprint density at radius 2 is 2.11 bits per heavy atom. The molecule has 0 unspecified atom stereocenters. The molecule has 1 amide bonds. The summed E-state index contributed by atoms with van der Waals surface area (Å²) in [5.74, 6) is 1.62. The molecule has 0 spiro atoms. The van der Waals surface area contributed by atoms with Gasteiger partial charge in [0, 0.05) is 20.0 Å². The van der Waals surface area contributed by atoms with Crippen molar-refractivity contribution in [3.63, 3.8) is 0 Å². The molecular formula is C14H17N3O. The molecule has 1 heterocycles. The first-order chi connectivity index (χ1) is 8.59. The number of benzene rings is 1. The third-order valence-corrected chi connectivity index (χ3v) is 3.82. The molecule has 4 heteroatoms. The molecule has 18 heavy (non-hydrogen) atoms. The van der Waals surface area contributed by atoms with Gasteiger partial charge >= 0.3 is 0 Å². The third kappa shape index (κ3) is 1.60. The van der Waals surface area contributed by atoms with Gasteiger partial charge in [0.05, 0.1) is 11.0 Å². The standard InChI is InChI=1S/C14H17N3O/c1-9-8-10(9)13(18)17(3)14-15-11-6-4-5-7-12(11)16(14)2/h4-7,9-10H,8H2,1-3H3/t9-,10+/m1/s1. The minimum Gasteiger partial charge on any atom is -0.313 e. The molecule has 2 atom stereocenters. The molecule has 1 aromatic heterocycles. The second-order valence-electron chi connectivity index (χ2n) is 5.18. The van der Waals surface area contributed by atoms with Gasteiger partial charge in [-0.3, -0.25) is 9.69 Å². The van der Waals surface area contributed by atoms with E-state index in [1.54, 1.807) is 4.90 Å². The summed E-state index contributed by atoms with van der Waals surface area (Å²) in [6, 6.07) is 7.93. The number of aryl methyl sites for hydroxylation is 1. The van der Waals surface area contributed by atoms with Crippen LogP contribution in [0.15, 0.2) is 24.3 Å². The Morgan fingerprint density at radius 3 is 2.72 bits per heavy atom. The lowest BCUT2D eigenvalue weighted by Crippen LogP contribution is -2.30. The van der Waals surface area contributed by atoms with Crippen LogP contribution in [0.25, 0.3) is 11.0 Å². The van der Waals surface area contributed by atoms with Gasteiger partial charge in [0.1, 0.15) is 0 Å². The van der Waals surface area contributed by atoms with Crippen molar-refractivity contribution in [1.82, 2.24) is 9.55 Å². The van der Waals surface area contributed by atoms with Crippen LogP contribution in [0.2, 0.25) is 0 Å². The maximum Gasteiger partial charge on any atom is 0.232 e. The van der Waals surface area contributed by atoms with E-state index in [0.29, 0.717) is 5.92 Å². The van der Waals surface area contributed by atoms with Crippen molar-refractivity contribution < 1.29 is 4.79 Å². The number of imidazole rings is 1. The SMILES string of the molecule is C[C@@H]1C[C@@H]1C(=O)N(C)c1nc2ccccc2n1C. The quantitative estimate of drug-likeness (QED) is 0.811. The summed E-state index contributed by atoms with van der Waals surface area (Å²) in [5.41, 5.74) is 1.98. The van der Waals surface area contributed by atoms with E-state index >= 15 is 0 Å². The van der Waals surface area contributed by atoms with Gasteiger partial charge in [-0.05, 0) is 24.5 Å². The van der Waals surface area contributed by atoms with Crippen LogP contribution in [0.5, 0.6) is 0 Å². The molecule has 0 bridgehead atoms. The van der Waals surface area contributed by atoms with E-state index in [1.807, 2.05) is 42.9 Å². The third-order valence-electron chi connectivity index (χ3n) is 3.82. The lowest BCUT2D eigenvalue weighted by molar-refractivity contribution is -0.119. The van der Waals surface area contributed by atoms with Crippen molar-refractivity contribution in [2.45, 2.75) is 13.3 Å². The Kier molecular flexibility index (Phi) is 2.40. The number of para-hydroxylation sites is 2. The number of amides is 1. The average Bonchev–Trinajstić information content (AvgIpc) is 3.01. The summed E-state index contributed by atoms with van der Waals surface area (Å²) in [6.45, 7) is 2.12. The molecule has 1 aliphatic rings. The first-order valence-electron chi connectivity index (χ1n) is 6.28. The zero-order chi connectivity index (χ0) is 12.9. The van der Waals surface area contributed by atoms with Crippen molar-refractivity contribution in [3.05, 3.63) is 24.3 Å². The fraction of sp³-hybridized carbons (Fsp3) is 0.429. The summed E-state index contributed by atoms with van der Waals surface area (Å²) < 4.78 is 1.97. The zero-order valence-corrected chi connectivity index (χ0v) is 10.9. The molecule has 2 aromatic rings. The van der Waals surface area contributed by atoms with E-state index in [4.69, 9.17) is 0 Å². The molecule has 0 radical (unpaired) electrons. The van der Waals surface area contributed by atoms with Crippen LogP contribution in [0.1, 0.15) is 13.3 Å². The summed E-state index contributed by atoms with van der Waals surface area (Å²) in [7, 11) is 3.76. The maximum absolute atomic E-state index is 12.2. The van der Waals surface area contributed by atoms with Crippen molar-refractivity contribution >= 4 is 22.9 Å². The molecule has 0 N–H and O–H groups in total. The van der Waals surface area contributed by atoms with Crippen molar-refractivity contribution in [2.24, 2.45) is 18.9 Å². The molecule has 0 saturated heterocycles. The molecule has 1 aromatic carbocycles. The molecular weight excluding hydrogens is 226 g/mol. The molecule has 94 valence electrons. The maximum atomic E-state index is 12.2. The topological polar surface area (TPSA) is 38.1 Å². The number of hydrogen-bond donors (Lipinski definition) is 0. The zero-order valence-electron chi connectivity index (χ0n) is 10.9. The van der Waals surface area contributed by atoms with Gasteiger partial charge < -0.3 is 4.57 Å². The first-order valence-corrected chi connectivity index (χ1v) is 6.28. The number of anilines is 1. The summed E-state index contributed by atoms with van der Waals surface area (Å²) in [6.07, 6.45) is 1.01. The normalized spacial score (nSPS) is 22.2. The predicted molar refractivity (Wildman–Crippen MR) is 71.4 cm³/mol. The minimum atomic E-state index is 0.181. The van der Waals surface area contributed by atoms with Crippen LogP contribution in [-0.4, -0.2) is 22.5 Å². The Hall–Kier alpha value is -1.84.